The minimum atomic E-state index is -0.457. The fourth-order valence-corrected chi connectivity index (χ4v) is 3.85. The van der Waals surface area contributed by atoms with Gasteiger partial charge in [-0.2, -0.15) is 0 Å². The summed E-state index contributed by atoms with van der Waals surface area (Å²) >= 11 is 3.15. The number of hydrogen-bond acceptors (Lipinski definition) is 6. The number of aryl methyl sites for hydroxylation is 2. The number of carbonyl (C=O) groups excluding carboxylic acids is 1. The van der Waals surface area contributed by atoms with Crippen molar-refractivity contribution in [2.75, 3.05) is 6.26 Å². The van der Waals surface area contributed by atoms with Crippen molar-refractivity contribution in [1.29, 1.82) is 0 Å². The van der Waals surface area contributed by atoms with E-state index in [0.717, 1.165) is 20.9 Å². The molecule has 7 heteroatoms. The molecule has 0 saturated heterocycles. The van der Waals surface area contributed by atoms with Crippen LogP contribution in [0, 0.1) is 13.8 Å². The molecule has 0 bridgehead atoms. The lowest BCUT2D eigenvalue weighted by molar-refractivity contribution is -0.145. The van der Waals surface area contributed by atoms with Crippen LogP contribution >= 0.6 is 23.1 Å². The highest BCUT2D eigenvalue weighted by atomic mass is 32.2. The van der Waals surface area contributed by atoms with Gasteiger partial charge in [0.15, 0.2) is 0 Å². The summed E-state index contributed by atoms with van der Waals surface area (Å²) in [5, 5.41) is 0.588. The Kier molecular flexibility index (Phi) is 5.24. The van der Waals surface area contributed by atoms with E-state index in [1.54, 1.807) is 11.8 Å². The zero-order valence-corrected chi connectivity index (χ0v) is 15.9. The second-order valence-electron chi connectivity index (χ2n) is 5.65. The van der Waals surface area contributed by atoms with Gasteiger partial charge in [0, 0.05) is 9.77 Å². The molecule has 1 aromatic carbocycles. The Labute approximate surface area is 153 Å². The van der Waals surface area contributed by atoms with Crippen molar-refractivity contribution in [1.82, 2.24) is 9.55 Å². The molecule has 3 aromatic rings. The molecule has 2 aromatic heterocycles. The number of rotatable bonds is 5. The van der Waals surface area contributed by atoms with Crippen LogP contribution in [0.3, 0.4) is 0 Å². The van der Waals surface area contributed by atoms with Crippen LogP contribution in [0.25, 0.3) is 10.2 Å². The summed E-state index contributed by atoms with van der Waals surface area (Å²) in [6.07, 6.45) is 3.42. The van der Waals surface area contributed by atoms with Crippen LogP contribution in [0.15, 0.2) is 40.3 Å². The van der Waals surface area contributed by atoms with Gasteiger partial charge in [-0.3, -0.25) is 14.2 Å². The van der Waals surface area contributed by atoms with E-state index in [4.69, 9.17) is 4.74 Å². The summed E-state index contributed by atoms with van der Waals surface area (Å²) in [5.74, 6) is -0.457. The SMILES string of the molecule is CSc1ccc(COC(=O)Cn2cnc3sc(C)c(C)c3c2=O)cc1. The van der Waals surface area contributed by atoms with Gasteiger partial charge in [-0.15, -0.1) is 23.1 Å². The zero-order chi connectivity index (χ0) is 18.0. The number of aromatic nitrogens is 2. The summed E-state index contributed by atoms with van der Waals surface area (Å²) in [7, 11) is 0. The Morgan fingerprint density at radius 3 is 2.68 bits per heavy atom. The average Bonchev–Trinajstić information content (AvgIpc) is 2.91. The number of nitrogens with zero attached hydrogens (tertiary/aromatic N) is 2. The van der Waals surface area contributed by atoms with E-state index in [9.17, 15) is 9.59 Å². The van der Waals surface area contributed by atoms with Gasteiger partial charge in [0.1, 0.15) is 18.0 Å². The number of ether oxygens (including phenoxy) is 1. The van der Waals surface area contributed by atoms with Crippen molar-refractivity contribution in [2.24, 2.45) is 0 Å². The van der Waals surface area contributed by atoms with E-state index in [1.165, 1.54) is 22.2 Å². The fraction of sp³-hybridized carbons (Fsp3) is 0.278. The van der Waals surface area contributed by atoms with E-state index in [0.29, 0.717) is 10.2 Å². The number of benzene rings is 1. The summed E-state index contributed by atoms with van der Waals surface area (Å²) in [6.45, 7) is 3.91. The van der Waals surface area contributed by atoms with Crippen molar-refractivity contribution in [3.8, 4) is 0 Å². The van der Waals surface area contributed by atoms with Gasteiger partial charge in [-0.25, -0.2) is 4.98 Å². The minimum Gasteiger partial charge on any atom is -0.459 e. The highest BCUT2D eigenvalue weighted by molar-refractivity contribution is 7.98. The smallest absolute Gasteiger partial charge is 0.326 e. The van der Waals surface area contributed by atoms with E-state index in [1.807, 2.05) is 44.4 Å². The predicted molar refractivity (Wildman–Crippen MR) is 101 cm³/mol. The highest BCUT2D eigenvalue weighted by Crippen LogP contribution is 2.25. The average molecular weight is 374 g/mol. The van der Waals surface area contributed by atoms with Crippen molar-refractivity contribution in [2.45, 2.75) is 31.9 Å². The van der Waals surface area contributed by atoms with Crippen LogP contribution in [-0.2, 0) is 22.7 Å². The first kappa shape index (κ1) is 17.7. The second-order valence-corrected chi connectivity index (χ2v) is 7.73. The van der Waals surface area contributed by atoms with Gasteiger partial charge in [0.2, 0.25) is 0 Å². The second kappa shape index (κ2) is 7.41. The summed E-state index contributed by atoms with van der Waals surface area (Å²) in [6, 6.07) is 7.82. The maximum atomic E-state index is 12.6. The molecule has 5 nitrogen and oxygen atoms in total. The molecule has 130 valence electrons. The first-order chi connectivity index (χ1) is 12.0. The van der Waals surface area contributed by atoms with Crippen molar-refractivity contribution in [3.63, 3.8) is 0 Å². The number of thiophene rings is 1. The van der Waals surface area contributed by atoms with E-state index in [2.05, 4.69) is 4.98 Å². The molecule has 25 heavy (non-hydrogen) atoms. The third kappa shape index (κ3) is 3.77. The summed E-state index contributed by atoms with van der Waals surface area (Å²) in [5.41, 5.74) is 1.64. The number of esters is 1. The standard InChI is InChI=1S/C18H18N2O3S2/c1-11-12(2)25-17-16(11)18(22)20(10-19-17)8-15(21)23-9-13-4-6-14(24-3)7-5-13/h4-7,10H,8-9H2,1-3H3. The molecule has 0 amide bonds. The normalized spacial score (nSPS) is 11.0. The summed E-state index contributed by atoms with van der Waals surface area (Å²) in [4.78, 5) is 31.8. The maximum absolute atomic E-state index is 12.6. The first-order valence-corrected chi connectivity index (χ1v) is 9.77. The van der Waals surface area contributed by atoms with E-state index >= 15 is 0 Å². The minimum absolute atomic E-state index is 0.140. The molecule has 2 heterocycles. The fourth-order valence-electron chi connectivity index (χ4n) is 2.45. The third-order valence-corrected chi connectivity index (χ3v) is 5.87. The molecule has 0 N–H and O–H groups in total. The Bertz CT molecular complexity index is 974. The lowest BCUT2D eigenvalue weighted by atomic mass is 10.2. The van der Waals surface area contributed by atoms with E-state index in [-0.39, 0.29) is 18.7 Å². The molecule has 0 saturated carbocycles. The lowest BCUT2D eigenvalue weighted by Gasteiger charge is -2.07. The Morgan fingerprint density at radius 2 is 2.00 bits per heavy atom. The molecular formula is C18H18N2O3S2. The molecule has 0 aliphatic heterocycles. The van der Waals surface area contributed by atoms with Gasteiger partial charge >= 0.3 is 5.97 Å². The zero-order valence-electron chi connectivity index (χ0n) is 14.2. The molecule has 0 spiro atoms. The topological polar surface area (TPSA) is 61.2 Å². The number of fused-ring (bicyclic) bond motifs is 1. The van der Waals surface area contributed by atoms with Crippen LogP contribution in [0.2, 0.25) is 0 Å². The van der Waals surface area contributed by atoms with Gasteiger partial charge in [-0.05, 0) is 43.4 Å². The van der Waals surface area contributed by atoms with Crippen LogP contribution in [0.4, 0.5) is 0 Å². The quantitative estimate of drug-likeness (QED) is 0.505. The molecule has 0 unspecified atom stereocenters. The third-order valence-electron chi connectivity index (χ3n) is 4.01. The number of hydrogen-bond donors (Lipinski definition) is 0. The Balaban J connectivity index is 1.70. The van der Waals surface area contributed by atoms with Gasteiger partial charge in [-0.1, -0.05) is 12.1 Å². The maximum Gasteiger partial charge on any atom is 0.326 e. The van der Waals surface area contributed by atoms with Gasteiger partial charge in [0.25, 0.3) is 5.56 Å². The first-order valence-electron chi connectivity index (χ1n) is 7.73. The van der Waals surface area contributed by atoms with Crippen LogP contribution < -0.4 is 5.56 Å². The predicted octanol–water partition coefficient (Wildman–Crippen LogP) is 3.54. The Hall–Kier alpha value is -2.12. The monoisotopic (exact) mass is 374 g/mol. The molecule has 3 rings (SSSR count). The van der Waals surface area contributed by atoms with Crippen LogP contribution in [0.1, 0.15) is 16.0 Å². The van der Waals surface area contributed by atoms with E-state index < -0.39 is 5.97 Å². The lowest BCUT2D eigenvalue weighted by Crippen LogP contribution is -2.25. The van der Waals surface area contributed by atoms with Crippen LogP contribution in [0.5, 0.6) is 0 Å². The van der Waals surface area contributed by atoms with Gasteiger partial charge in [0.05, 0.1) is 11.7 Å². The molecule has 0 fully saturated rings. The van der Waals surface area contributed by atoms with Crippen LogP contribution in [-0.4, -0.2) is 21.8 Å². The summed E-state index contributed by atoms with van der Waals surface area (Å²) < 4.78 is 6.58. The van der Waals surface area contributed by atoms with Crippen molar-refractivity contribution >= 4 is 39.3 Å². The van der Waals surface area contributed by atoms with Crippen molar-refractivity contribution in [3.05, 3.63) is 57.0 Å². The molecule has 0 atom stereocenters. The largest absolute Gasteiger partial charge is 0.459 e. The Morgan fingerprint density at radius 1 is 1.28 bits per heavy atom. The molecular weight excluding hydrogens is 356 g/mol. The van der Waals surface area contributed by atoms with Gasteiger partial charge < -0.3 is 4.74 Å². The molecule has 0 aliphatic rings. The van der Waals surface area contributed by atoms with Crippen molar-refractivity contribution < 1.29 is 9.53 Å². The molecule has 0 aliphatic carbocycles. The highest BCUT2D eigenvalue weighted by Gasteiger charge is 2.14. The number of thioether (sulfide) groups is 1. The number of carbonyl (C=O) groups is 1. The molecule has 0 radical (unpaired) electrons.